The van der Waals surface area contributed by atoms with Crippen molar-refractivity contribution in [3.05, 3.63) is 0 Å². The predicted octanol–water partition coefficient (Wildman–Crippen LogP) is 4.07. The molecule has 0 unspecified atom stereocenters. The SMILES string of the molecule is CCCCCCCCCCCCCCCCNCB(O)O. The van der Waals surface area contributed by atoms with Crippen LogP contribution < -0.4 is 5.32 Å². The van der Waals surface area contributed by atoms with Crippen molar-refractivity contribution in [2.45, 2.75) is 96.8 Å². The first kappa shape index (κ1) is 20.9. The average Bonchev–Trinajstić information content (AvgIpc) is 2.46. The van der Waals surface area contributed by atoms with Gasteiger partial charge in [0, 0.05) is 6.44 Å². The van der Waals surface area contributed by atoms with Gasteiger partial charge in [-0.15, -0.1) is 0 Å². The first-order valence-corrected chi connectivity index (χ1v) is 9.34. The Morgan fingerprint density at radius 2 is 1.00 bits per heavy atom. The minimum Gasteiger partial charge on any atom is -0.426 e. The van der Waals surface area contributed by atoms with Gasteiger partial charge in [0.1, 0.15) is 0 Å². The first-order chi connectivity index (χ1) is 10.3. The van der Waals surface area contributed by atoms with Crippen molar-refractivity contribution in [2.75, 3.05) is 13.0 Å². The largest absolute Gasteiger partial charge is 0.466 e. The Labute approximate surface area is 133 Å². The van der Waals surface area contributed by atoms with Gasteiger partial charge in [-0.1, -0.05) is 90.4 Å². The molecule has 0 fully saturated rings. The first-order valence-electron chi connectivity index (χ1n) is 9.34. The maximum absolute atomic E-state index is 8.66. The molecule has 0 heterocycles. The summed E-state index contributed by atoms with van der Waals surface area (Å²) in [6, 6.07) is 0. The van der Waals surface area contributed by atoms with Crippen LogP contribution in [0.1, 0.15) is 96.8 Å². The third kappa shape index (κ3) is 19.9. The van der Waals surface area contributed by atoms with Gasteiger partial charge in [-0.3, -0.25) is 0 Å². The van der Waals surface area contributed by atoms with Crippen LogP contribution >= 0.6 is 0 Å². The zero-order valence-electron chi connectivity index (χ0n) is 14.3. The Balaban J connectivity index is 2.93. The number of hydrogen-bond acceptors (Lipinski definition) is 3. The Morgan fingerprint density at radius 1 is 0.619 bits per heavy atom. The van der Waals surface area contributed by atoms with Gasteiger partial charge < -0.3 is 15.4 Å². The molecule has 0 atom stereocenters. The van der Waals surface area contributed by atoms with E-state index in [1.807, 2.05) is 0 Å². The zero-order chi connectivity index (χ0) is 15.6. The number of rotatable bonds is 17. The lowest BCUT2D eigenvalue weighted by atomic mass is 9.92. The molecule has 126 valence electrons. The van der Waals surface area contributed by atoms with Gasteiger partial charge in [-0.05, 0) is 13.0 Å². The Hall–Kier alpha value is -0.0551. The van der Waals surface area contributed by atoms with Crippen molar-refractivity contribution in [3.8, 4) is 0 Å². The van der Waals surface area contributed by atoms with Crippen molar-refractivity contribution in [3.63, 3.8) is 0 Å². The highest BCUT2D eigenvalue weighted by Gasteiger charge is 2.03. The van der Waals surface area contributed by atoms with Crippen LogP contribution in [0.5, 0.6) is 0 Å². The summed E-state index contributed by atoms with van der Waals surface area (Å²) in [5, 5.41) is 20.3. The van der Waals surface area contributed by atoms with E-state index in [0.29, 0.717) is 6.44 Å². The van der Waals surface area contributed by atoms with E-state index in [1.54, 1.807) is 0 Å². The lowest BCUT2D eigenvalue weighted by Crippen LogP contribution is -2.31. The van der Waals surface area contributed by atoms with Crippen molar-refractivity contribution < 1.29 is 10.0 Å². The molecule has 0 rings (SSSR count). The number of unbranched alkanes of at least 4 members (excludes halogenated alkanes) is 13. The Kier molecular flexibility index (Phi) is 17.9. The van der Waals surface area contributed by atoms with Crippen molar-refractivity contribution in [1.82, 2.24) is 5.32 Å². The standard InChI is InChI=1S/C17H38BNO2/c1-2-3-4-5-6-7-8-9-10-11-12-13-14-15-16-19-17-18(20)21/h19-21H,2-17H2,1H3. The lowest BCUT2D eigenvalue weighted by Gasteiger charge is -2.04. The van der Waals surface area contributed by atoms with Crippen LogP contribution in [-0.2, 0) is 0 Å². The van der Waals surface area contributed by atoms with Crippen molar-refractivity contribution in [1.29, 1.82) is 0 Å². The highest BCUT2D eigenvalue weighted by molar-refractivity contribution is 6.41. The molecule has 3 nitrogen and oxygen atoms in total. The summed E-state index contributed by atoms with van der Waals surface area (Å²) in [7, 11) is -1.21. The van der Waals surface area contributed by atoms with Crippen LogP contribution in [0.25, 0.3) is 0 Å². The van der Waals surface area contributed by atoms with E-state index >= 15 is 0 Å². The fourth-order valence-corrected chi connectivity index (χ4v) is 2.68. The van der Waals surface area contributed by atoms with Gasteiger partial charge in [-0.2, -0.15) is 0 Å². The van der Waals surface area contributed by atoms with Crippen LogP contribution in [0.15, 0.2) is 0 Å². The molecule has 0 saturated heterocycles. The summed E-state index contributed by atoms with van der Waals surface area (Å²) in [6.45, 7) is 3.17. The number of nitrogens with one attached hydrogen (secondary N) is 1. The molecule has 0 radical (unpaired) electrons. The molecular weight excluding hydrogens is 261 g/mol. The van der Waals surface area contributed by atoms with Gasteiger partial charge in [0.25, 0.3) is 0 Å². The van der Waals surface area contributed by atoms with Crippen LogP contribution in [-0.4, -0.2) is 30.2 Å². The summed E-state index contributed by atoms with van der Waals surface area (Å²) in [4.78, 5) is 0. The molecule has 0 amide bonds. The van der Waals surface area contributed by atoms with Crippen LogP contribution in [0.2, 0.25) is 0 Å². The van der Waals surface area contributed by atoms with E-state index in [0.717, 1.165) is 13.0 Å². The summed E-state index contributed by atoms with van der Waals surface area (Å²) in [5.74, 6) is 0. The molecule has 0 spiro atoms. The maximum atomic E-state index is 8.66. The quantitative estimate of drug-likeness (QED) is 0.280. The minimum atomic E-state index is -1.21. The van der Waals surface area contributed by atoms with E-state index < -0.39 is 7.12 Å². The normalized spacial score (nSPS) is 11.0. The molecule has 3 N–H and O–H groups in total. The number of hydrogen-bond donors (Lipinski definition) is 3. The van der Waals surface area contributed by atoms with E-state index in [2.05, 4.69) is 12.2 Å². The Morgan fingerprint density at radius 3 is 1.38 bits per heavy atom. The fourth-order valence-electron chi connectivity index (χ4n) is 2.68. The second kappa shape index (κ2) is 18.0. The van der Waals surface area contributed by atoms with Gasteiger partial charge in [0.05, 0.1) is 0 Å². The van der Waals surface area contributed by atoms with Crippen LogP contribution in [0.3, 0.4) is 0 Å². The molecule has 0 bridgehead atoms. The predicted molar refractivity (Wildman–Crippen MR) is 93.4 cm³/mol. The molecule has 21 heavy (non-hydrogen) atoms. The van der Waals surface area contributed by atoms with Crippen molar-refractivity contribution >= 4 is 7.12 Å². The zero-order valence-corrected chi connectivity index (χ0v) is 14.3. The second-order valence-corrected chi connectivity index (χ2v) is 6.28. The van der Waals surface area contributed by atoms with Crippen LogP contribution in [0.4, 0.5) is 0 Å². The van der Waals surface area contributed by atoms with Gasteiger partial charge >= 0.3 is 7.12 Å². The smallest absolute Gasteiger partial charge is 0.426 e. The van der Waals surface area contributed by atoms with Gasteiger partial charge in [0.2, 0.25) is 0 Å². The highest BCUT2D eigenvalue weighted by atomic mass is 16.4. The average molecular weight is 299 g/mol. The molecule has 0 aliphatic rings. The third-order valence-corrected chi connectivity index (χ3v) is 4.03. The van der Waals surface area contributed by atoms with E-state index in [9.17, 15) is 0 Å². The molecule has 0 saturated carbocycles. The molecule has 0 aromatic rings. The Bertz CT molecular complexity index is 192. The van der Waals surface area contributed by atoms with Gasteiger partial charge in [0.15, 0.2) is 0 Å². The summed E-state index contributed by atoms with van der Waals surface area (Å²) >= 11 is 0. The summed E-state index contributed by atoms with van der Waals surface area (Å²) in [6.07, 6.45) is 19.5. The maximum Gasteiger partial charge on any atom is 0.466 e. The minimum absolute atomic E-state index is 0.290. The molecule has 4 heteroatoms. The highest BCUT2D eigenvalue weighted by Crippen LogP contribution is 2.12. The topological polar surface area (TPSA) is 52.5 Å². The molecule has 0 aromatic carbocycles. The summed E-state index contributed by atoms with van der Waals surface area (Å²) < 4.78 is 0. The third-order valence-electron chi connectivity index (χ3n) is 4.03. The van der Waals surface area contributed by atoms with Crippen LogP contribution in [0, 0.1) is 0 Å². The molecular formula is C17H38BNO2. The van der Waals surface area contributed by atoms with E-state index in [1.165, 1.54) is 83.5 Å². The fraction of sp³-hybridized carbons (Fsp3) is 1.00. The molecule has 0 aliphatic carbocycles. The molecule has 0 aromatic heterocycles. The van der Waals surface area contributed by atoms with Crippen molar-refractivity contribution in [2.24, 2.45) is 0 Å². The second-order valence-electron chi connectivity index (χ2n) is 6.28. The monoisotopic (exact) mass is 299 g/mol. The molecule has 0 aliphatic heterocycles. The van der Waals surface area contributed by atoms with Gasteiger partial charge in [-0.25, -0.2) is 0 Å². The summed E-state index contributed by atoms with van der Waals surface area (Å²) in [5.41, 5.74) is 0. The lowest BCUT2D eigenvalue weighted by molar-refractivity contribution is 0.398. The van der Waals surface area contributed by atoms with E-state index in [4.69, 9.17) is 10.0 Å². The van der Waals surface area contributed by atoms with E-state index in [-0.39, 0.29) is 0 Å².